The van der Waals surface area contributed by atoms with Crippen LogP contribution in [0.25, 0.3) is 0 Å². The van der Waals surface area contributed by atoms with Gasteiger partial charge in [-0.3, -0.25) is 9.59 Å². The Bertz CT molecular complexity index is 975. The van der Waals surface area contributed by atoms with E-state index in [0.29, 0.717) is 34.5 Å². The molecule has 7 nitrogen and oxygen atoms in total. The van der Waals surface area contributed by atoms with Crippen molar-refractivity contribution in [2.75, 3.05) is 18.4 Å². The number of carbonyl (C=O) groups is 2. The van der Waals surface area contributed by atoms with Gasteiger partial charge in [0.05, 0.1) is 6.54 Å². The zero-order chi connectivity index (χ0) is 21.0. The lowest BCUT2D eigenvalue weighted by molar-refractivity contribution is -0.114. The van der Waals surface area contributed by atoms with E-state index < -0.39 is 10.0 Å². The fraction of sp³-hybridized carbons (Fsp3) is 0.400. The van der Waals surface area contributed by atoms with Crippen molar-refractivity contribution in [1.29, 1.82) is 0 Å². The summed E-state index contributed by atoms with van der Waals surface area (Å²) in [5.41, 5.74) is 1.08. The van der Waals surface area contributed by atoms with Crippen molar-refractivity contribution in [3.8, 4) is 0 Å². The minimum absolute atomic E-state index is 0.176. The maximum atomic E-state index is 12.8. The lowest BCUT2D eigenvalue weighted by Gasteiger charge is -2.28. The van der Waals surface area contributed by atoms with Gasteiger partial charge in [-0.05, 0) is 55.2 Å². The van der Waals surface area contributed by atoms with Crippen LogP contribution in [0, 0.1) is 5.92 Å². The van der Waals surface area contributed by atoms with Crippen LogP contribution in [0.15, 0.2) is 40.6 Å². The van der Waals surface area contributed by atoms with Crippen LogP contribution < -0.4 is 10.6 Å². The molecule has 9 heteroatoms. The van der Waals surface area contributed by atoms with Gasteiger partial charge in [0.1, 0.15) is 4.21 Å². The number of hydrogen-bond acceptors (Lipinski definition) is 5. The van der Waals surface area contributed by atoms with Crippen LogP contribution in [0.4, 0.5) is 5.69 Å². The van der Waals surface area contributed by atoms with Gasteiger partial charge in [0.25, 0.3) is 15.9 Å². The van der Waals surface area contributed by atoms with E-state index in [4.69, 9.17) is 0 Å². The zero-order valence-corrected chi connectivity index (χ0v) is 18.1. The zero-order valence-electron chi connectivity index (χ0n) is 16.5. The molecule has 0 aliphatic carbocycles. The molecule has 2 heterocycles. The number of nitrogens with one attached hydrogen (secondary N) is 2. The summed E-state index contributed by atoms with van der Waals surface area (Å²) in [6.45, 7) is 4.93. The Balaban J connectivity index is 1.58. The topological polar surface area (TPSA) is 95.6 Å². The summed E-state index contributed by atoms with van der Waals surface area (Å²) in [6, 6.07) is 9.92. The van der Waals surface area contributed by atoms with Gasteiger partial charge in [-0.1, -0.05) is 6.92 Å². The van der Waals surface area contributed by atoms with E-state index in [9.17, 15) is 18.0 Å². The van der Waals surface area contributed by atoms with Crippen molar-refractivity contribution < 1.29 is 18.0 Å². The van der Waals surface area contributed by atoms with Crippen LogP contribution >= 0.6 is 11.3 Å². The number of carbonyl (C=O) groups excluding carboxylic acids is 2. The van der Waals surface area contributed by atoms with E-state index in [0.717, 1.165) is 17.7 Å². The second-order valence-corrected chi connectivity index (χ2v) is 10.6. The third-order valence-corrected chi connectivity index (χ3v) is 8.32. The molecule has 1 saturated heterocycles. The maximum Gasteiger partial charge on any atom is 0.252 e. The van der Waals surface area contributed by atoms with E-state index in [2.05, 4.69) is 17.6 Å². The Kier molecular flexibility index (Phi) is 6.71. The summed E-state index contributed by atoms with van der Waals surface area (Å²) in [5.74, 6) is 0.120. The molecule has 3 rings (SSSR count). The SMILES string of the molecule is CC(=O)Nc1ccc(C(=O)NCc2ccc(S(=O)(=O)N3CCC(C)CC3)s2)cc1. The van der Waals surface area contributed by atoms with Crippen LogP contribution in [0.1, 0.15) is 41.9 Å². The van der Waals surface area contributed by atoms with Crippen LogP contribution in [-0.4, -0.2) is 37.6 Å². The van der Waals surface area contributed by atoms with Crippen molar-refractivity contribution in [3.05, 3.63) is 46.8 Å². The quantitative estimate of drug-likeness (QED) is 0.729. The summed E-state index contributed by atoms with van der Waals surface area (Å²) in [5, 5.41) is 5.45. The average molecular weight is 436 g/mol. The maximum absolute atomic E-state index is 12.8. The summed E-state index contributed by atoms with van der Waals surface area (Å²) in [4.78, 5) is 24.1. The highest BCUT2D eigenvalue weighted by Gasteiger charge is 2.29. The fourth-order valence-electron chi connectivity index (χ4n) is 3.12. The molecule has 1 aliphatic rings. The molecule has 2 amide bonds. The van der Waals surface area contributed by atoms with Crippen LogP contribution in [-0.2, 0) is 21.4 Å². The van der Waals surface area contributed by atoms with Gasteiger partial charge in [0.15, 0.2) is 0 Å². The normalized spacial score (nSPS) is 15.8. The van der Waals surface area contributed by atoms with Crippen molar-refractivity contribution in [2.45, 2.75) is 37.4 Å². The first-order valence-corrected chi connectivity index (χ1v) is 11.8. The summed E-state index contributed by atoms with van der Waals surface area (Å²) < 4.78 is 27.5. The lowest BCUT2D eigenvalue weighted by atomic mass is 10.0. The van der Waals surface area contributed by atoms with Gasteiger partial charge in [0, 0.05) is 36.1 Å². The first-order valence-electron chi connectivity index (χ1n) is 9.50. The molecule has 0 spiro atoms. The van der Waals surface area contributed by atoms with Gasteiger partial charge < -0.3 is 10.6 Å². The molecule has 0 unspecified atom stereocenters. The number of anilines is 1. The summed E-state index contributed by atoms with van der Waals surface area (Å²) in [7, 11) is -3.47. The van der Waals surface area contributed by atoms with Crippen molar-refractivity contribution in [1.82, 2.24) is 9.62 Å². The number of benzene rings is 1. The number of amides is 2. The Morgan fingerprint density at radius 1 is 1.10 bits per heavy atom. The van der Waals surface area contributed by atoms with E-state index in [-0.39, 0.29) is 18.4 Å². The number of piperidine rings is 1. The van der Waals surface area contributed by atoms with E-state index >= 15 is 0 Å². The third kappa shape index (κ3) is 5.43. The van der Waals surface area contributed by atoms with E-state index in [1.54, 1.807) is 40.7 Å². The molecule has 1 aromatic heterocycles. The second-order valence-electron chi connectivity index (χ2n) is 7.25. The minimum Gasteiger partial charge on any atom is -0.347 e. The van der Waals surface area contributed by atoms with Crippen molar-refractivity contribution in [2.24, 2.45) is 5.92 Å². The molecule has 0 saturated carbocycles. The molecule has 1 aromatic carbocycles. The van der Waals surface area contributed by atoms with Gasteiger partial charge in [-0.2, -0.15) is 4.31 Å². The highest BCUT2D eigenvalue weighted by atomic mass is 32.2. The molecular weight excluding hydrogens is 410 g/mol. The van der Waals surface area contributed by atoms with Gasteiger partial charge in [0.2, 0.25) is 5.91 Å². The first kappa shape index (κ1) is 21.5. The largest absolute Gasteiger partial charge is 0.347 e. The molecule has 0 atom stereocenters. The number of sulfonamides is 1. The highest BCUT2D eigenvalue weighted by Crippen LogP contribution is 2.28. The molecule has 1 fully saturated rings. The molecule has 0 bridgehead atoms. The van der Waals surface area contributed by atoms with E-state index in [1.807, 2.05) is 0 Å². The van der Waals surface area contributed by atoms with Crippen molar-refractivity contribution in [3.63, 3.8) is 0 Å². The monoisotopic (exact) mass is 435 g/mol. The van der Waals surface area contributed by atoms with Crippen LogP contribution in [0.2, 0.25) is 0 Å². The highest BCUT2D eigenvalue weighted by molar-refractivity contribution is 7.91. The predicted octanol–water partition coefficient (Wildman–Crippen LogP) is 3.06. The average Bonchev–Trinajstić information content (AvgIpc) is 3.16. The Morgan fingerprint density at radius 3 is 2.38 bits per heavy atom. The molecule has 29 heavy (non-hydrogen) atoms. The molecule has 156 valence electrons. The molecule has 1 aliphatic heterocycles. The number of thiophene rings is 1. The number of hydrogen-bond donors (Lipinski definition) is 2. The van der Waals surface area contributed by atoms with Gasteiger partial charge in [-0.25, -0.2) is 8.42 Å². The summed E-state index contributed by atoms with van der Waals surface area (Å²) in [6.07, 6.45) is 1.77. The Morgan fingerprint density at radius 2 is 1.76 bits per heavy atom. The molecule has 2 N–H and O–H groups in total. The lowest BCUT2D eigenvalue weighted by Crippen LogP contribution is -2.37. The molecule has 2 aromatic rings. The van der Waals surface area contributed by atoms with Crippen LogP contribution in [0.3, 0.4) is 0 Å². The van der Waals surface area contributed by atoms with Crippen molar-refractivity contribution >= 4 is 38.9 Å². The van der Waals surface area contributed by atoms with E-state index in [1.165, 1.54) is 18.3 Å². The third-order valence-electron chi connectivity index (χ3n) is 4.86. The van der Waals surface area contributed by atoms with Crippen LogP contribution in [0.5, 0.6) is 0 Å². The Labute approximate surface area is 175 Å². The smallest absolute Gasteiger partial charge is 0.252 e. The predicted molar refractivity (Wildman–Crippen MR) is 113 cm³/mol. The molecule has 0 radical (unpaired) electrons. The molecular formula is C20H25N3O4S2. The number of nitrogens with zero attached hydrogens (tertiary/aromatic N) is 1. The second kappa shape index (κ2) is 9.06. The van der Waals surface area contributed by atoms with Gasteiger partial charge in [-0.15, -0.1) is 11.3 Å². The standard InChI is InChI=1S/C20H25N3O4S2/c1-14-9-11-23(12-10-14)29(26,27)19-8-7-18(28-19)13-21-20(25)16-3-5-17(6-4-16)22-15(2)24/h3-8,14H,9-13H2,1-2H3,(H,21,25)(H,22,24). The minimum atomic E-state index is -3.47. The number of rotatable bonds is 6. The first-order chi connectivity index (χ1) is 13.8. The summed E-state index contributed by atoms with van der Waals surface area (Å²) >= 11 is 1.19. The fourth-order valence-corrected chi connectivity index (χ4v) is 6.04. The Hall–Kier alpha value is -2.23. The van der Waals surface area contributed by atoms with Gasteiger partial charge >= 0.3 is 0 Å².